The summed E-state index contributed by atoms with van der Waals surface area (Å²) in [5, 5.41) is 8.94. The molecule has 0 radical (unpaired) electrons. The summed E-state index contributed by atoms with van der Waals surface area (Å²) in [6, 6.07) is 10.7. The number of nitriles is 1. The van der Waals surface area contributed by atoms with Crippen LogP contribution in [0.1, 0.15) is 43.2 Å². The fourth-order valence-corrected chi connectivity index (χ4v) is 3.23. The van der Waals surface area contributed by atoms with Crippen LogP contribution in [0.3, 0.4) is 0 Å². The Morgan fingerprint density at radius 1 is 1.22 bits per heavy atom. The van der Waals surface area contributed by atoms with Crippen molar-refractivity contribution in [2.45, 2.75) is 44.1 Å². The molecule has 2 aliphatic rings. The quantitative estimate of drug-likeness (QED) is 0.759. The summed E-state index contributed by atoms with van der Waals surface area (Å²) in [5.41, 5.74) is 3.72. The molecular formula is C15H17ClN2. The standard InChI is InChI=1S/C15H16N2.ClH/c16-10-7-14-13-6-2-1-5-12(13)11-15(17-14)8-3-4-9-15;/h1-2,5-6H,3-4,7-9,11H2;1H. The van der Waals surface area contributed by atoms with Crippen molar-refractivity contribution in [1.82, 2.24) is 0 Å². The second-order valence-electron chi connectivity index (χ2n) is 5.16. The van der Waals surface area contributed by atoms with Crippen molar-refractivity contribution in [2.24, 2.45) is 4.99 Å². The zero-order chi connectivity index (χ0) is 11.7. The monoisotopic (exact) mass is 260 g/mol. The Bertz CT molecular complexity index is 507. The normalized spacial score (nSPS) is 19.6. The van der Waals surface area contributed by atoms with Gasteiger partial charge in [0.05, 0.1) is 23.7 Å². The molecule has 0 N–H and O–H groups in total. The minimum absolute atomic E-state index is 0. The summed E-state index contributed by atoms with van der Waals surface area (Å²) in [6.07, 6.45) is 6.46. The Balaban J connectivity index is 0.00000120. The molecule has 0 amide bonds. The molecule has 1 fully saturated rings. The van der Waals surface area contributed by atoms with E-state index in [1.807, 2.05) is 6.07 Å². The maximum Gasteiger partial charge on any atom is 0.0776 e. The van der Waals surface area contributed by atoms with Gasteiger partial charge in [-0.25, -0.2) is 0 Å². The molecule has 3 rings (SSSR count). The van der Waals surface area contributed by atoms with Crippen LogP contribution in [0.5, 0.6) is 0 Å². The van der Waals surface area contributed by atoms with E-state index in [0.29, 0.717) is 6.42 Å². The molecular weight excluding hydrogens is 244 g/mol. The first-order valence-electron chi connectivity index (χ1n) is 6.37. The van der Waals surface area contributed by atoms with Crippen LogP contribution in [0.25, 0.3) is 0 Å². The predicted octanol–water partition coefficient (Wildman–Crippen LogP) is 3.68. The van der Waals surface area contributed by atoms with Crippen LogP contribution in [-0.4, -0.2) is 11.3 Å². The second-order valence-corrected chi connectivity index (χ2v) is 5.16. The maximum atomic E-state index is 8.94. The molecule has 1 aliphatic carbocycles. The van der Waals surface area contributed by atoms with Gasteiger partial charge in [0, 0.05) is 0 Å². The second kappa shape index (κ2) is 5.12. The van der Waals surface area contributed by atoms with Crippen molar-refractivity contribution >= 4 is 18.1 Å². The molecule has 0 bridgehead atoms. The van der Waals surface area contributed by atoms with Gasteiger partial charge in [0.1, 0.15) is 0 Å². The van der Waals surface area contributed by atoms with Gasteiger partial charge in [-0.05, 0) is 30.4 Å². The van der Waals surface area contributed by atoms with E-state index in [-0.39, 0.29) is 17.9 Å². The van der Waals surface area contributed by atoms with Gasteiger partial charge in [0.15, 0.2) is 0 Å². The lowest BCUT2D eigenvalue weighted by molar-refractivity contribution is 0.434. The van der Waals surface area contributed by atoms with Crippen molar-refractivity contribution < 1.29 is 0 Å². The van der Waals surface area contributed by atoms with Gasteiger partial charge in [0.25, 0.3) is 0 Å². The number of aliphatic imine (C=N–C) groups is 1. The van der Waals surface area contributed by atoms with Crippen LogP contribution in [0.2, 0.25) is 0 Å². The van der Waals surface area contributed by atoms with Gasteiger partial charge in [-0.15, -0.1) is 12.4 Å². The fourth-order valence-electron chi connectivity index (χ4n) is 3.23. The Hall–Kier alpha value is -1.33. The molecule has 3 heteroatoms. The molecule has 94 valence electrons. The number of benzene rings is 1. The lowest BCUT2D eigenvalue weighted by Crippen LogP contribution is -2.32. The van der Waals surface area contributed by atoms with E-state index in [4.69, 9.17) is 10.3 Å². The van der Waals surface area contributed by atoms with E-state index < -0.39 is 0 Å². The summed E-state index contributed by atoms with van der Waals surface area (Å²) in [4.78, 5) is 4.94. The largest absolute Gasteiger partial charge is 0.281 e. The molecule has 0 saturated heterocycles. The number of hydrogen-bond donors (Lipinski definition) is 0. The molecule has 1 saturated carbocycles. The number of halogens is 1. The molecule has 1 aromatic carbocycles. The van der Waals surface area contributed by atoms with Gasteiger partial charge in [-0.3, -0.25) is 4.99 Å². The van der Waals surface area contributed by atoms with E-state index in [1.165, 1.54) is 36.8 Å². The van der Waals surface area contributed by atoms with Crippen LogP contribution >= 0.6 is 12.4 Å². The lowest BCUT2D eigenvalue weighted by Gasteiger charge is -2.31. The SMILES string of the molecule is Cl.N#CCC1=NC2(CCCC2)Cc2ccccc21. The average Bonchev–Trinajstić information content (AvgIpc) is 2.77. The van der Waals surface area contributed by atoms with Crippen molar-refractivity contribution in [3.8, 4) is 6.07 Å². The third-order valence-electron chi connectivity index (χ3n) is 4.00. The van der Waals surface area contributed by atoms with Crippen LogP contribution in [0.4, 0.5) is 0 Å². The summed E-state index contributed by atoms with van der Waals surface area (Å²) in [5.74, 6) is 0. The number of nitrogens with zero attached hydrogens (tertiary/aromatic N) is 2. The molecule has 18 heavy (non-hydrogen) atoms. The van der Waals surface area contributed by atoms with Crippen LogP contribution < -0.4 is 0 Å². The van der Waals surface area contributed by atoms with E-state index >= 15 is 0 Å². The van der Waals surface area contributed by atoms with E-state index in [0.717, 1.165) is 12.1 Å². The highest BCUT2D eigenvalue weighted by molar-refractivity contribution is 6.04. The number of hydrogen-bond acceptors (Lipinski definition) is 2. The van der Waals surface area contributed by atoms with Gasteiger partial charge in [-0.1, -0.05) is 37.1 Å². The minimum Gasteiger partial charge on any atom is -0.281 e. The first kappa shape index (κ1) is 13.1. The molecule has 0 unspecified atom stereocenters. The Kier molecular flexibility index (Phi) is 3.73. The lowest BCUT2D eigenvalue weighted by atomic mass is 9.83. The Labute approximate surface area is 114 Å². The molecule has 1 spiro atoms. The summed E-state index contributed by atoms with van der Waals surface area (Å²) < 4.78 is 0. The van der Waals surface area contributed by atoms with Crippen molar-refractivity contribution in [3.63, 3.8) is 0 Å². The molecule has 1 aliphatic heterocycles. The van der Waals surface area contributed by atoms with Crippen molar-refractivity contribution in [1.29, 1.82) is 5.26 Å². The molecule has 0 atom stereocenters. The minimum atomic E-state index is 0. The number of fused-ring (bicyclic) bond motifs is 1. The van der Waals surface area contributed by atoms with Crippen molar-refractivity contribution in [3.05, 3.63) is 35.4 Å². The summed E-state index contributed by atoms with van der Waals surface area (Å²) in [7, 11) is 0. The molecule has 0 aromatic heterocycles. The third-order valence-corrected chi connectivity index (χ3v) is 4.00. The Morgan fingerprint density at radius 2 is 1.94 bits per heavy atom. The molecule has 1 heterocycles. The van der Waals surface area contributed by atoms with Gasteiger partial charge >= 0.3 is 0 Å². The zero-order valence-corrected chi connectivity index (χ0v) is 11.2. The van der Waals surface area contributed by atoms with Crippen molar-refractivity contribution in [2.75, 3.05) is 0 Å². The highest BCUT2D eigenvalue weighted by Crippen LogP contribution is 2.40. The Morgan fingerprint density at radius 3 is 2.67 bits per heavy atom. The van der Waals surface area contributed by atoms with E-state index in [1.54, 1.807) is 0 Å². The first-order chi connectivity index (χ1) is 8.33. The predicted molar refractivity (Wildman–Crippen MR) is 75.4 cm³/mol. The zero-order valence-electron chi connectivity index (χ0n) is 10.4. The van der Waals surface area contributed by atoms with E-state index in [2.05, 4.69) is 24.3 Å². The van der Waals surface area contributed by atoms with Gasteiger partial charge in [0.2, 0.25) is 0 Å². The fraction of sp³-hybridized carbons (Fsp3) is 0.467. The maximum absolute atomic E-state index is 8.94. The summed E-state index contributed by atoms with van der Waals surface area (Å²) >= 11 is 0. The highest BCUT2D eigenvalue weighted by Gasteiger charge is 2.37. The third kappa shape index (κ3) is 2.15. The molecule has 1 aromatic rings. The van der Waals surface area contributed by atoms with Gasteiger partial charge in [-0.2, -0.15) is 5.26 Å². The first-order valence-corrected chi connectivity index (χ1v) is 6.37. The smallest absolute Gasteiger partial charge is 0.0776 e. The summed E-state index contributed by atoms with van der Waals surface area (Å²) in [6.45, 7) is 0. The molecule has 2 nitrogen and oxygen atoms in total. The highest BCUT2D eigenvalue weighted by atomic mass is 35.5. The van der Waals surface area contributed by atoms with Crippen LogP contribution in [0, 0.1) is 11.3 Å². The topological polar surface area (TPSA) is 36.1 Å². The van der Waals surface area contributed by atoms with Crippen LogP contribution in [-0.2, 0) is 6.42 Å². The average molecular weight is 261 g/mol. The van der Waals surface area contributed by atoms with Crippen LogP contribution in [0.15, 0.2) is 29.3 Å². The van der Waals surface area contributed by atoms with Gasteiger partial charge < -0.3 is 0 Å². The van der Waals surface area contributed by atoms with E-state index in [9.17, 15) is 0 Å². The number of rotatable bonds is 1.